The summed E-state index contributed by atoms with van der Waals surface area (Å²) in [4.78, 5) is 85.3. The fraction of sp³-hybridized carbons (Fsp3) is 0.565. The monoisotopic (exact) mass is 1060 g/mol. The zero-order valence-corrected chi connectivity index (χ0v) is 48.2. The first-order chi connectivity index (χ1) is 36.0. The highest BCUT2D eigenvalue weighted by molar-refractivity contribution is 5.89. The van der Waals surface area contributed by atoms with Crippen LogP contribution in [0.1, 0.15) is 152 Å². The Bertz CT molecular complexity index is 2870. The first-order valence-electron chi connectivity index (χ1n) is 27.4. The average molecular weight is 1060 g/mol. The molecule has 4 heterocycles. The molecule has 1 saturated heterocycles. The zero-order valence-electron chi connectivity index (χ0n) is 48.2. The maximum Gasteiger partial charge on any atom is 0.323 e. The molecule has 0 amide bonds. The van der Waals surface area contributed by atoms with E-state index in [-0.39, 0.29) is 60.9 Å². The van der Waals surface area contributed by atoms with E-state index in [4.69, 9.17) is 33.3 Å². The highest BCUT2D eigenvalue weighted by Gasteiger charge is 2.36. The van der Waals surface area contributed by atoms with Crippen LogP contribution in [0.4, 0.5) is 0 Å². The normalized spacial score (nSPS) is 17.8. The van der Waals surface area contributed by atoms with Gasteiger partial charge >= 0.3 is 23.9 Å². The summed E-state index contributed by atoms with van der Waals surface area (Å²) in [5.74, 6) is -1.56. The lowest BCUT2D eigenvalue weighted by molar-refractivity contribution is -0.164. The molecule has 0 saturated carbocycles. The standard InChI is InChI=1S/C62H85N5O10/c1-58(2,3)44-24-28-51-47(38-44)55(71)46-25-26-49(64-56(46)74-51)48-23-19-22-45(63-48)40-65-32-18-17-30-62(13,39-53(69)75-59(4,5)6)31-33-67(37-36-66(35-34-65)41-54(70)76-60(7,8)9)50(57(72)77-61(10,11)12)27-29-52(68)73-42-43-20-15-14-16-21-43/h14-16,19-26,28,38,50H,17-18,27,29-37,39-42H2,1-13H3. The molecule has 6 rings (SSSR count). The van der Waals surface area contributed by atoms with E-state index in [1.807, 2.05) is 135 Å². The number of nitrogens with zero attached hydrogens (tertiary/aromatic N) is 5. The molecule has 0 bridgehead atoms. The number of aromatic nitrogens is 2. The zero-order chi connectivity index (χ0) is 56.3. The van der Waals surface area contributed by atoms with Gasteiger partial charge in [-0.2, -0.15) is 0 Å². The van der Waals surface area contributed by atoms with Crippen molar-refractivity contribution in [2.24, 2.45) is 5.41 Å². The van der Waals surface area contributed by atoms with E-state index in [1.54, 1.807) is 6.07 Å². The molecule has 15 heteroatoms. The third-order valence-electron chi connectivity index (χ3n) is 13.5. The van der Waals surface area contributed by atoms with Crippen molar-refractivity contribution in [2.75, 3.05) is 45.8 Å². The number of hydrogen-bond donors (Lipinski definition) is 0. The van der Waals surface area contributed by atoms with E-state index in [1.165, 1.54) is 0 Å². The Balaban J connectivity index is 1.30. The highest BCUT2D eigenvalue weighted by atomic mass is 16.6. The number of esters is 4. The van der Waals surface area contributed by atoms with Crippen LogP contribution in [0.2, 0.25) is 0 Å². The largest absolute Gasteiger partial charge is 0.461 e. The maximum absolute atomic E-state index is 14.4. The maximum atomic E-state index is 14.4. The minimum atomic E-state index is -0.843. The van der Waals surface area contributed by atoms with Gasteiger partial charge < -0.3 is 23.4 Å². The van der Waals surface area contributed by atoms with Crippen LogP contribution >= 0.6 is 0 Å². The van der Waals surface area contributed by atoms with Gasteiger partial charge in [-0.1, -0.05) is 76.6 Å². The fourth-order valence-corrected chi connectivity index (χ4v) is 9.57. The molecule has 2 atom stereocenters. The van der Waals surface area contributed by atoms with Gasteiger partial charge in [-0.25, -0.2) is 9.97 Å². The lowest BCUT2D eigenvalue weighted by atomic mass is 9.78. The predicted octanol–water partition coefficient (Wildman–Crippen LogP) is 11.0. The van der Waals surface area contributed by atoms with Crippen molar-refractivity contribution in [2.45, 2.75) is 176 Å². The van der Waals surface area contributed by atoms with Gasteiger partial charge in [0, 0.05) is 39.1 Å². The van der Waals surface area contributed by atoms with Crippen molar-refractivity contribution >= 4 is 45.9 Å². The van der Waals surface area contributed by atoms with Gasteiger partial charge in [-0.05, 0) is 159 Å². The first kappa shape index (κ1) is 60.2. The number of carbonyl (C=O) groups is 4. The Hall–Kier alpha value is -6.03. The van der Waals surface area contributed by atoms with Gasteiger partial charge in [0.1, 0.15) is 35.0 Å². The third-order valence-corrected chi connectivity index (χ3v) is 13.5. The molecule has 1 aliphatic heterocycles. The Morgan fingerprint density at radius 1 is 0.649 bits per heavy atom. The predicted molar refractivity (Wildman–Crippen MR) is 301 cm³/mol. The lowest BCUT2D eigenvalue weighted by Crippen LogP contribution is -2.50. The molecule has 1 aliphatic rings. The van der Waals surface area contributed by atoms with Crippen molar-refractivity contribution < 1.29 is 42.5 Å². The molecule has 0 aliphatic carbocycles. The van der Waals surface area contributed by atoms with Crippen LogP contribution in [0.15, 0.2) is 88.1 Å². The summed E-state index contributed by atoms with van der Waals surface area (Å²) in [5, 5.41) is 0.917. The number of fused-ring (bicyclic) bond motifs is 2. The first-order valence-corrected chi connectivity index (χ1v) is 27.4. The van der Waals surface area contributed by atoms with Crippen molar-refractivity contribution in [3.8, 4) is 11.4 Å². The molecule has 3 aromatic heterocycles. The summed E-state index contributed by atoms with van der Waals surface area (Å²) in [5.41, 5.74) is 1.64. The van der Waals surface area contributed by atoms with Crippen LogP contribution < -0.4 is 5.43 Å². The molecule has 0 spiro atoms. The Morgan fingerprint density at radius 2 is 1.31 bits per heavy atom. The summed E-state index contributed by atoms with van der Waals surface area (Å²) in [6.45, 7) is 28.5. The van der Waals surface area contributed by atoms with Crippen LogP contribution in [0.25, 0.3) is 33.5 Å². The minimum absolute atomic E-state index is 0.00274. The van der Waals surface area contributed by atoms with Crippen LogP contribution in [-0.4, -0.2) is 117 Å². The van der Waals surface area contributed by atoms with Crippen LogP contribution in [0.3, 0.4) is 0 Å². The molecule has 0 N–H and O–H groups in total. The molecule has 2 aromatic carbocycles. The molecular weight excluding hydrogens is 975 g/mol. The van der Waals surface area contributed by atoms with E-state index < -0.39 is 40.2 Å². The van der Waals surface area contributed by atoms with E-state index in [0.29, 0.717) is 86.4 Å². The summed E-state index contributed by atoms with van der Waals surface area (Å²) >= 11 is 0. The van der Waals surface area contributed by atoms with Crippen molar-refractivity contribution in [1.82, 2.24) is 24.7 Å². The van der Waals surface area contributed by atoms with Gasteiger partial charge in [0.25, 0.3) is 0 Å². The summed E-state index contributed by atoms with van der Waals surface area (Å²) in [6, 6.07) is 23.7. The van der Waals surface area contributed by atoms with Crippen molar-refractivity contribution in [3.63, 3.8) is 0 Å². The van der Waals surface area contributed by atoms with Crippen LogP contribution in [-0.2, 0) is 56.7 Å². The number of hydrogen-bond acceptors (Lipinski definition) is 15. The molecule has 0 radical (unpaired) electrons. The Kier molecular flexibility index (Phi) is 20.0. The highest BCUT2D eigenvalue weighted by Crippen LogP contribution is 2.35. The number of rotatable bonds is 14. The van der Waals surface area contributed by atoms with E-state index in [9.17, 15) is 24.0 Å². The fourth-order valence-electron chi connectivity index (χ4n) is 9.57. The van der Waals surface area contributed by atoms with E-state index in [0.717, 1.165) is 29.7 Å². The second kappa shape index (κ2) is 25.6. The van der Waals surface area contributed by atoms with Crippen molar-refractivity contribution in [3.05, 3.63) is 106 Å². The Morgan fingerprint density at radius 3 is 2.00 bits per heavy atom. The van der Waals surface area contributed by atoms with Crippen LogP contribution in [0, 0.1) is 5.41 Å². The summed E-state index contributed by atoms with van der Waals surface area (Å²) in [6.07, 6.45) is 3.14. The number of carbonyl (C=O) groups excluding carboxylic acids is 4. The molecule has 2 unspecified atom stereocenters. The molecule has 5 aromatic rings. The molecule has 418 valence electrons. The van der Waals surface area contributed by atoms with Gasteiger partial charge in [0.05, 0.1) is 40.8 Å². The summed E-state index contributed by atoms with van der Waals surface area (Å²) in [7, 11) is 0. The smallest absolute Gasteiger partial charge is 0.323 e. The van der Waals surface area contributed by atoms with Gasteiger partial charge in [-0.3, -0.25) is 38.7 Å². The lowest BCUT2D eigenvalue weighted by Gasteiger charge is -2.38. The van der Waals surface area contributed by atoms with Gasteiger partial charge in [0.2, 0.25) is 11.1 Å². The number of ether oxygens (including phenoxy) is 4. The SMILES string of the molecule is CC1(CC(=O)OC(C)(C)C)CCCCN(Cc2cccc(-c3ccc4c(=O)c5cc(C(C)(C)C)ccc5oc4n3)n2)CCN(CC(=O)OC(C)(C)C)CCN(C(CCC(=O)OCc2ccccc2)C(=O)OC(C)(C)C)CC1. The Labute approximate surface area is 456 Å². The number of pyridine rings is 2. The average Bonchev–Trinajstić information content (AvgIpc) is 3.32. The third kappa shape index (κ3) is 19.1. The minimum Gasteiger partial charge on any atom is -0.461 e. The number of benzene rings is 2. The molecule has 15 nitrogen and oxygen atoms in total. The topological polar surface area (TPSA) is 171 Å². The molecule has 77 heavy (non-hydrogen) atoms. The van der Waals surface area contributed by atoms with Crippen molar-refractivity contribution in [1.29, 1.82) is 0 Å². The second-order valence-electron chi connectivity index (χ2n) is 25.1. The quantitative estimate of drug-likeness (QED) is 0.0584. The molecule has 1 fully saturated rings. The van der Waals surface area contributed by atoms with E-state index in [2.05, 4.69) is 42.4 Å². The summed E-state index contributed by atoms with van der Waals surface area (Å²) < 4.78 is 29.8. The van der Waals surface area contributed by atoms with E-state index >= 15 is 0 Å². The van der Waals surface area contributed by atoms with Gasteiger partial charge in [-0.15, -0.1) is 0 Å². The molecular formula is C62H85N5O10. The van der Waals surface area contributed by atoms with Crippen LogP contribution in [0.5, 0.6) is 0 Å². The van der Waals surface area contributed by atoms with Gasteiger partial charge in [0.15, 0.2) is 0 Å². The second-order valence-corrected chi connectivity index (χ2v) is 25.1.